The first-order valence-corrected chi connectivity index (χ1v) is 15.2. The molecule has 254 valence electrons. The zero-order valence-corrected chi connectivity index (χ0v) is 24.8. The van der Waals surface area contributed by atoms with Crippen molar-refractivity contribution >= 4 is 41.3 Å². The summed E-state index contributed by atoms with van der Waals surface area (Å²) in [5.41, 5.74) is 0.364. The summed E-state index contributed by atoms with van der Waals surface area (Å²) in [4.78, 5) is 56.2. The lowest BCUT2D eigenvalue weighted by Crippen LogP contribution is -2.65. The van der Waals surface area contributed by atoms with E-state index in [1.807, 2.05) is 0 Å². The lowest BCUT2D eigenvalue weighted by molar-refractivity contribution is -0.248. The maximum atomic E-state index is 14.4. The third-order valence-corrected chi connectivity index (χ3v) is 9.23. The standard InChI is InChI=1S/C29H36O16S/c30-7-14-20(35)24(39)26(41)28(44-14)16-12(9-46-43)19(34)17(13(33)6-3-10-1-4-11(32)5-2-10)23(38)18(22(16)37)29-27(42)25(40)21(36)15(8-31)45-29/h1-6,12,14-18,20-21,24-32,35-36,39-43H,7-9H2/b6-3+. The van der Waals surface area contributed by atoms with E-state index in [2.05, 4.69) is 0 Å². The number of Topliss-reactive ketones (excluding diaryl/α,β-unsaturated/α-hetero) is 3. The van der Waals surface area contributed by atoms with Crippen LogP contribution in [-0.4, -0.2) is 154 Å². The minimum absolute atomic E-state index is 0.0461. The van der Waals surface area contributed by atoms with Crippen molar-refractivity contribution in [1.82, 2.24) is 0 Å². The van der Waals surface area contributed by atoms with Gasteiger partial charge in [0.1, 0.15) is 72.5 Å². The number of aliphatic hydroxyl groups excluding tert-OH is 8. The van der Waals surface area contributed by atoms with Crippen molar-refractivity contribution in [3.63, 3.8) is 0 Å². The lowest BCUT2D eigenvalue weighted by atomic mass is 9.74. The quantitative estimate of drug-likeness (QED) is 0.0518. The number of rotatable bonds is 9. The number of hydrogen-bond donors (Lipinski definition) is 10. The summed E-state index contributed by atoms with van der Waals surface area (Å²) in [7, 11) is 0. The molecule has 2 aliphatic heterocycles. The van der Waals surface area contributed by atoms with Gasteiger partial charge in [-0.15, -0.1) is 0 Å². The third-order valence-electron chi connectivity index (χ3n) is 8.72. The second-order valence-electron chi connectivity index (χ2n) is 11.5. The highest BCUT2D eigenvalue weighted by atomic mass is 32.2. The van der Waals surface area contributed by atoms with Gasteiger partial charge in [-0.25, -0.2) is 0 Å². The Kier molecular flexibility index (Phi) is 11.8. The molecule has 0 radical (unpaired) electrons. The molecule has 1 aromatic rings. The Morgan fingerprint density at radius 2 is 1.26 bits per heavy atom. The van der Waals surface area contributed by atoms with Crippen molar-refractivity contribution in [2.24, 2.45) is 23.7 Å². The fourth-order valence-electron chi connectivity index (χ4n) is 6.21. The second kappa shape index (κ2) is 15.1. The van der Waals surface area contributed by atoms with Gasteiger partial charge in [0, 0.05) is 11.7 Å². The summed E-state index contributed by atoms with van der Waals surface area (Å²) in [5.74, 6) is -14.1. The molecular weight excluding hydrogens is 636 g/mol. The topological polar surface area (TPSA) is 289 Å². The average molecular weight is 673 g/mol. The molecule has 2 saturated heterocycles. The van der Waals surface area contributed by atoms with E-state index < -0.39 is 127 Å². The van der Waals surface area contributed by atoms with Gasteiger partial charge < -0.3 is 60.0 Å². The van der Waals surface area contributed by atoms with Gasteiger partial charge in [0.15, 0.2) is 23.1 Å². The highest BCUT2D eigenvalue weighted by Gasteiger charge is 2.61. The molecule has 3 aliphatic rings. The molecule has 3 fully saturated rings. The van der Waals surface area contributed by atoms with Gasteiger partial charge in [0.25, 0.3) is 0 Å². The molecule has 0 bridgehead atoms. The van der Waals surface area contributed by atoms with Crippen LogP contribution in [0.15, 0.2) is 30.3 Å². The van der Waals surface area contributed by atoms with Crippen molar-refractivity contribution < 1.29 is 79.2 Å². The van der Waals surface area contributed by atoms with Crippen molar-refractivity contribution in [2.45, 2.75) is 61.0 Å². The predicted octanol–water partition coefficient (Wildman–Crippen LogP) is -3.95. The Balaban J connectivity index is 1.86. The molecule has 14 unspecified atom stereocenters. The van der Waals surface area contributed by atoms with Gasteiger partial charge in [0.2, 0.25) is 0 Å². The Morgan fingerprint density at radius 1 is 0.739 bits per heavy atom. The van der Waals surface area contributed by atoms with E-state index in [9.17, 15) is 69.7 Å². The highest BCUT2D eigenvalue weighted by molar-refractivity contribution is 7.93. The number of ketones is 4. The number of ether oxygens (including phenoxy) is 2. The van der Waals surface area contributed by atoms with Crippen LogP contribution in [0.3, 0.4) is 0 Å². The first kappa shape index (κ1) is 36.2. The number of allylic oxidation sites excluding steroid dienone is 1. The second-order valence-corrected chi connectivity index (χ2v) is 12.1. The van der Waals surface area contributed by atoms with Gasteiger partial charge in [-0.05, 0) is 35.8 Å². The van der Waals surface area contributed by atoms with Gasteiger partial charge >= 0.3 is 0 Å². The fourth-order valence-corrected chi connectivity index (χ4v) is 6.74. The molecule has 1 aliphatic carbocycles. The third kappa shape index (κ3) is 6.82. The summed E-state index contributed by atoms with van der Waals surface area (Å²) >= 11 is 0.0461. The van der Waals surface area contributed by atoms with Crippen LogP contribution in [0.4, 0.5) is 0 Å². The van der Waals surface area contributed by atoms with E-state index in [0.717, 1.165) is 6.08 Å². The van der Waals surface area contributed by atoms with Crippen LogP contribution in [0.1, 0.15) is 5.56 Å². The highest BCUT2D eigenvalue weighted by Crippen LogP contribution is 2.41. The Labute approximate surface area is 265 Å². The molecule has 0 spiro atoms. The summed E-state index contributed by atoms with van der Waals surface area (Å²) in [6, 6.07) is 5.44. The summed E-state index contributed by atoms with van der Waals surface area (Å²) in [6.45, 7) is -1.87. The molecule has 10 N–H and O–H groups in total. The number of phenols is 1. The number of carbonyl (C=O) groups excluding carboxylic acids is 4. The van der Waals surface area contributed by atoms with E-state index >= 15 is 0 Å². The number of aliphatic hydroxyl groups is 8. The van der Waals surface area contributed by atoms with E-state index in [1.54, 1.807) is 0 Å². The SMILES string of the molecule is O=C(/C=C/c1ccc(O)cc1)C1C(=O)C(CSO)C(C2OC(CO)C(O)C(O)C2O)C(=O)C(C2OC(CO)C(O)C(O)C2O)C1=O. The number of carbonyl (C=O) groups is 4. The molecule has 16 nitrogen and oxygen atoms in total. The normalized spacial score (nSPS) is 40.7. The molecule has 0 amide bonds. The summed E-state index contributed by atoms with van der Waals surface area (Å²) < 4.78 is 20.9. The van der Waals surface area contributed by atoms with Crippen LogP contribution in [0.5, 0.6) is 5.75 Å². The Hall–Kier alpha value is -2.65. The van der Waals surface area contributed by atoms with Crippen LogP contribution in [-0.2, 0) is 28.7 Å². The summed E-state index contributed by atoms with van der Waals surface area (Å²) in [6.07, 6.45) is -17.3. The van der Waals surface area contributed by atoms with E-state index in [4.69, 9.17) is 9.47 Å². The Morgan fingerprint density at radius 3 is 1.78 bits per heavy atom. The van der Waals surface area contributed by atoms with Crippen LogP contribution in [0.25, 0.3) is 6.08 Å². The van der Waals surface area contributed by atoms with E-state index in [0.29, 0.717) is 5.56 Å². The smallest absolute Gasteiger partial charge is 0.173 e. The van der Waals surface area contributed by atoms with Crippen molar-refractivity contribution in [1.29, 1.82) is 0 Å². The molecular formula is C29H36O16S. The first-order chi connectivity index (χ1) is 21.8. The van der Waals surface area contributed by atoms with Crippen molar-refractivity contribution in [3.05, 3.63) is 35.9 Å². The van der Waals surface area contributed by atoms with E-state index in [-0.39, 0.29) is 17.8 Å². The average Bonchev–Trinajstić information content (AvgIpc) is 3.11. The molecule has 0 aromatic heterocycles. The lowest BCUT2D eigenvalue weighted by Gasteiger charge is -2.45. The number of aromatic hydroxyl groups is 1. The minimum Gasteiger partial charge on any atom is -0.508 e. The van der Waals surface area contributed by atoms with Crippen LogP contribution in [0, 0.1) is 23.7 Å². The summed E-state index contributed by atoms with van der Waals surface area (Å²) in [5, 5.41) is 92.3. The first-order valence-electron chi connectivity index (χ1n) is 14.3. The maximum absolute atomic E-state index is 14.4. The molecule has 1 aromatic carbocycles. The molecule has 17 heteroatoms. The van der Waals surface area contributed by atoms with Crippen molar-refractivity contribution in [2.75, 3.05) is 19.0 Å². The van der Waals surface area contributed by atoms with Gasteiger partial charge in [0.05, 0.1) is 25.2 Å². The number of phenolic OH excluding ortho intramolecular Hbond substituents is 1. The fraction of sp³-hybridized carbons (Fsp3) is 0.586. The largest absolute Gasteiger partial charge is 0.508 e. The Bertz CT molecular complexity index is 1300. The molecule has 4 rings (SSSR count). The zero-order valence-electron chi connectivity index (χ0n) is 24.0. The van der Waals surface area contributed by atoms with Crippen LogP contribution < -0.4 is 0 Å². The zero-order chi connectivity index (χ0) is 34.0. The van der Waals surface area contributed by atoms with Crippen LogP contribution in [0.2, 0.25) is 0 Å². The van der Waals surface area contributed by atoms with Crippen LogP contribution >= 0.6 is 12.0 Å². The monoisotopic (exact) mass is 672 g/mol. The number of benzene rings is 1. The minimum atomic E-state index is -2.28. The molecule has 14 atom stereocenters. The van der Waals surface area contributed by atoms with Gasteiger partial charge in [-0.2, -0.15) is 0 Å². The van der Waals surface area contributed by atoms with Gasteiger partial charge in [-0.3, -0.25) is 19.2 Å². The van der Waals surface area contributed by atoms with Gasteiger partial charge in [-0.1, -0.05) is 18.2 Å². The number of hydrogen-bond acceptors (Lipinski definition) is 17. The molecule has 46 heavy (non-hydrogen) atoms. The van der Waals surface area contributed by atoms with Crippen molar-refractivity contribution in [3.8, 4) is 5.75 Å². The van der Waals surface area contributed by atoms with E-state index in [1.165, 1.54) is 30.3 Å². The molecule has 1 saturated carbocycles. The predicted molar refractivity (Wildman–Crippen MR) is 154 cm³/mol. The maximum Gasteiger partial charge on any atom is 0.173 e. The molecule has 2 heterocycles.